The van der Waals surface area contributed by atoms with Gasteiger partial charge in [0.25, 0.3) is 5.91 Å². The molecule has 0 unspecified atom stereocenters. The molecule has 1 heterocycles. The zero-order valence-electron chi connectivity index (χ0n) is 12.9. The molecule has 2 aromatic rings. The summed E-state index contributed by atoms with van der Waals surface area (Å²) in [6.07, 6.45) is 1.66. The number of halogens is 2. The smallest absolute Gasteiger partial charge is 0.264 e. The van der Waals surface area contributed by atoms with Crippen molar-refractivity contribution < 1.29 is 19.0 Å². The van der Waals surface area contributed by atoms with Crippen molar-refractivity contribution in [1.29, 1.82) is 0 Å². The highest BCUT2D eigenvalue weighted by atomic mass is 127. The minimum absolute atomic E-state index is 0.0515. The van der Waals surface area contributed by atoms with Gasteiger partial charge in [-0.25, -0.2) is 9.38 Å². The predicted molar refractivity (Wildman–Crippen MR) is 105 cm³/mol. The monoisotopic (exact) mass is 470 g/mol. The first kappa shape index (κ1) is 17.7. The summed E-state index contributed by atoms with van der Waals surface area (Å²) >= 11 is 3.10. The fraction of sp³-hybridized carbons (Fsp3) is 0.0588. The number of carbonyl (C=O) groups excluding carboxylic acids is 1. The van der Waals surface area contributed by atoms with Crippen molar-refractivity contribution in [1.82, 2.24) is 5.32 Å². The number of hydrogen-bond acceptors (Lipinski definition) is 5. The van der Waals surface area contributed by atoms with Crippen LogP contribution >= 0.6 is 34.4 Å². The number of amides is 1. The Morgan fingerprint density at radius 2 is 2.12 bits per heavy atom. The molecule has 1 aliphatic heterocycles. The van der Waals surface area contributed by atoms with E-state index in [4.69, 9.17) is 4.74 Å². The number of ether oxygens (including phenoxy) is 1. The summed E-state index contributed by atoms with van der Waals surface area (Å²) in [5.74, 6) is -0.403. The molecule has 8 heteroatoms. The SMILES string of the molecule is COc1cc(/C=C2\SC(=Nc3ccccc3F)NC2=O)cc(I)c1O. The van der Waals surface area contributed by atoms with Gasteiger partial charge in [-0.3, -0.25) is 4.79 Å². The van der Waals surface area contributed by atoms with E-state index in [-0.39, 0.29) is 17.3 Å². The van der Waals surface area contributed by atoms with Gasteiger partial charge in [-0.15, -0.1) is 0 Å². The van der Waals surface area contributed by atoms with Gasteiger partial charge in [-0.05, 0) is 70.3 Å². The number of benzene rings is 2. The third-order valence-electron chi connectivity index (χ3n) is 3.29. The van der Waals surface area contributed by atoms with Crippen molar-refractivity contribution in [2.45, 2.75) is 0 Å². The van der Waals surface area contributed by atoms with Gasteiger partial charge in [-0.2, -0.15) is 0 Å². The summed E-state index contributed by atoms with van der Waals surface area (Å²) < 4.78 is 19.4. The lowest BCUT2D eigenvalue weighted by molar-refractivity contribution is -0.115. The van der Waals surface area contributed by atoms with Gasteiger partial charge in [0.05, 0.1) is 15.6 Å². The van der Waals surface area contributed by atoms with Gasteiger partial charge in [0.15, 0.2) is 16.7 Å². The van der Waals surface area contributed by atoms with Crippen LogP contribution in [0.25, 0.3) is 6.08 Å². The Morgan fingerprint density at radius 3 is 2.84 bits per heavy atom. The molecule has 2 N–H and O–H groups in total. The first-order valence-corrected chi connectivity index (χ1v) is 8.98. The average Bonchev–Trinajstić information content (AvgIpc) is 2.92. The summed E-state index contributed by atoms with van der Waals surface area (Å²) in [5.41, 5.74) is 0.858. The van der Waals surface area contributed by atoms with E-state index in [2.05, 4.69) is 10.3 Å². The zero-order valence-corrected chi connectivity index (χ0v) is 15.9. The number of para-hydroxylation sites is 1. The van der Waals surface area contributed by atoms with Crippen molar-refractivity contribution in [2.24, 2.45) is 4.99 Å². The number of aliphatic imine (C=N–C) groups is 1. The molecule has 0 aliphatic carbocycles. The number of methoxy groups -OCH3 is 1. The number of carbonyl (C=O) groups is 1. The number of phenolic OH excluding ortho intramolecular Hbond substituents is 1. The van der Waals surface area contributed by atoms with E-state index in [0.717, 1.165) is 11.8 Å². The van der Waals surface area contributed by atoms with Crippen LogP contribution in [-0.2, 0) is 4.79 Å². The maximum Gasteiger partial charge on any atom is 0.264 e. The molecule has 1 amide bonds. The second kappa shape index (κ2) is 7.44. The lowest BCUT2D eigenvalue weighted by Crippen LogP contribution is -2.19. The summed E-state index contributed by atoms with van der Waals surface area (Å²) in [4.78, 5) is 16.7. The van der Waals surface area contributed by atoms with Crippen LogP contribution in [-0.4, -0.2) is 23.3 Å². The zero-order chi connectivity index (χ0) is 18.0. The van der Waals surface area contributed by atoms with Crippen molar-refractivity contribution in [3.05, 3.63) is 56.3 Å². The van der Waals surface area contributed by atoms with Crippen LogP contribution in [0, 0.1) is 9.39 Å². The fourth-order valence-electron chi connectivity index (χ4n) is 2.12. The molecule has 25 heavy (non-hydrogen) atoms. The molecule has 128 valence electrons. The van der Waals surface area contributed by atoms with Crippen LogP contribution < -0.4 is 10.1 Å². The second-order valence-corrected chi connectivity index (χ2v) is 7.18. The molecule has 5 nitrogen and oxygen atoms in total. The highest BCUT2D eigenvalue weighted by Gasteiger charge is 2.24. The van der Waals surface area contributed by atoms with Crippen LogP contribution in [0.2, 0.25) is 0 Å². The lowest BCUT2D eigenvalue weighted by atomic mass is 10.2. The fourth-order valence-corrected chi connectivity index (χ4v) is 3.58. The van der Waals surface area contributed by atoms with E-state index in [0.29, 0.717) is 25.0 Å². The molecule has 2 aromatic carbocycles. The Labute approximate surface area is 161 Å². The molecule has 0 bridgehead atoms. The van der Waals surface area contributed by atoms with Crippen LogP contribution in [0.15, 0.2) is 46.3 Å². The molecule has 1 fully saturated rings. The molecule has 0 atom stereocenters. The van der Waals surface area contributed by atoms with E-state index in [1.165, 1.54) is 19.2 Å². The van der Waals surface area contributed by atoms with Crippen molar-refractivity contribution in [3.63, 3.8) is 0 Å². The number of rotatable bonds is 3. The number of amidine groups is 1. The summed E-state index contributed by atoms with van der Waals surface area (Å²) in [6.45, 7) is 0. The molecule has 1 saturated heterocycles. The third kappa shape index (κ3) is 3.96. The Kier molecular flexibility index (Phi) is 5.28. The van der Waals surface area contributed by atoms with E-state index in [1.807, 2.05) is 22.6 Å². The molecule has 0 aromatic heterocycles. The highest BCUT2D eigenvalue weighted by Crippen LogP contribution is 2.35. The minimum atomic E-state index is -0.458. The Hall–Kier alpha value is -2.07. The molecular formula is C17H12FIN2O3S. The standard InChI is InChI=1S/C17H12FIN2O3S/c1-24-13-7-9(6-11(19)15(13)22)8-14-16(23)21-17(25-14)20-12-5-3-2-4-10(12)18/h2-8,22H,1H3,(H,20,21,23)/b14-8-. The predicted octanol–water partition coefficient (Wildman–Crippen LogP) is 4.04. The van der Waals surface area contributed by atoms with Crippen LogP contribution in [0.1, 0.15) is 5.56 Å². The molecule has 0 saturated carbocycles. The molecule has 3 rings (SSSR count). The number of hydrogen-bond donors (Lipinski definition) is 2. The summed E-state index contributed by atoms with van der Waals surface area (Å²) in [7, 11) is 1.46. The van der Waals surface area contributed by atoms with E-state index >= 15 is 0 Å². The van der Waals surface area contributed by atoms with E-state index < -0.39 is 5.82 Å². The second-order valence-electron chi connectivity index (χ2n) is 4.99. The third-order valence-corrected chi connectivity index (χ3v) is 5.03. The van der Waals surface area contributed by atoms with Gasteiger partial charge in [-0.1, -0.05) is 12.1 Å². The van der Waals surface area contributed by atoms with E-state index in [1.54, 1.807) is 30.3 Å². The van der Waals surface area contributed by atoms with Crippen LogP contribution in [0.5, 0.6) is 11.5 Å². The van der Waals surface area contributed by atoms with E-state index in [9.17, 15) is 14.3 Å². The Morgan fingerprint density at radius 1 is 1.36 bits per heavy atom. The number of phenols is 1. The molecule has 0 radical (unpaired) electrons. The normalized spacial score (nSPS) is 17.2. The maximum atomic E-state index is 13.7. The first-order valence-electron chi connectivity index (χ1n) is 7.08. The Bertz CT molecular complexity index is 915. The minimum Gasteiger partial charge on any atom is -0.504 e. The lowest BCUT2D eigenvalue weighted by Gasteiger charge is -2.06. The molecule has 1 aliphatic rings. The molecule has 0 spiro atoms. The largest absolute Gasteiger partial charge is 0.504 e. The molecular weight excluding hydrogens is 458 g/mol. The van der Waals surface area contributed by atoms with Crippen LogP contribution in [0.3, 0.4) is 0 Å². The van der Waals surface area contributed by atoms with Gasteiger partial charge < -0.3 is 15.2 Å². The number of thioether (sulfide) groups is 1. The van der Waals surface area contributed by atoms with Gasteiger partial charge in [0, 0.05) is 0 Å². The summed E-state index contributed by atoms with van der Waals surface area (Å²) in [6, 6.07) is 9.44. The average molecular weight is 470 g/mol. The van der Waals surface area contributed by atoms with Gasteiger partial charge in [0.1, 0.15) is 11.5 Å². The topological polar surface area (TPSA) is 70.9 Å². The number of aromatic hydroxyl groups is 1. The van der Waals surface area contributed by atoms with Crippen molar-refractivity contribution in [3.8, 4) is 11.5 Å². The van der Waals surface area contributed by atoms with Crippen molar-refractivity contribution >= 4 is 57.2 Å². The quantitative estimate of drug-likeness (QED) is 0.525. The summed E-state index contributed by atoms with van der Waals surface area (Å²) in [5, 5.41) is 12.8. The number of nitrogens with zero attached hydrogens (tertiary/aromatic N) is 1. The van der Waals surface area contributed by atoms with Gasteiger partial charge >= 0.3 is 0 Å². The maximum absolute atomic E-state index is 13.7. The Balaban J connectivity index is 1.90. The highest BCUT2D eigenvalue weighted by molar-refractivity contribution is 14.1. The van der Waals surface area contributed by atoms with Crippen molar-refractivity contribution in [2.75, 3.05) is 7.11 Å². The van der Waals surface area contributed by atoms with Crippen LogP contribution in [0.4, 0.5) is 10.1 Å². The van der Waals surface area contributed by atoms with Gasteiger partial charge in [0.2, 0.25) is 0 Å². The number of nitrogens with one attached hydrogen (secondary N) is 1. The first-order chi connectivity index (χ1) is 12.0.